The topological polar surface area (TPSA) is 15.5 Å². The van der Waals surface area contributed by atoms with Crippen molar-refractivity contribution in [1.29, 1.82) is 0 Å². The van der Waals surface area contributed by atoms with Crippen molar-refractivity contribution in [2.45, 2.75) is 76.0 Å². The molecule has 87 heavy (non-hydrogen) atoms. The lowest BCUT2D eigenvalue weighted by Gasteiger charge is -2.10. The molecule has 0 aliphatic rings. The Bertz CT molecular complexity index is 4600. The lowest BCUT2D eigenvalue weighted by molar-refractivity contribution is -0.660. The molecule has 0 N–H and O–H groups in total. The highest BCUT2D eigenvalue weighted by molar-refractivity contribution is 5.76. The smallest absolute Gasteiger partial charge is 0.201 e. The Morgan fingerprint density at radius 1 is 0.218 bits per heavy atom. The van der Waals surface area contributed by atoms with Crippen LogP contribution in [0.5, 0.6) is 0 Å². The monoisotopic (exact) mass is 1140 g/mol. The van der Waals surface area contributed by atoms with Crippen LogP contribution in [0.2, 0.25) is 0 Å². The maximum Gasteiger partial charge on any atom is 0.213 e. The van der Waals surface area contributed by atoms with Crippen molar-refractivity contribution < 1.29 is 26.5 Å². The normalized spacial score (nSPS) is 12.0. The maximum absolute atomic E-state index is 7.93. The first-order chi connectivity index (χ1) is 44.2. The summed E-state index contributed by atoms with van der Waals surface area (Å²) in [5.74, 6) is 0. The summed E-state index contributed by atoms with van der Waals surface area (Å²) in [5, 5.41) is 0. The molecule has 4 nitrogen and oxygen atoms in total. The third-order valence-corrected chi connectivity index (χ3v) is 16.3. The van der Waals surface area contributed by atoms with Gasteiger partial charge in [-0.3, -0.25) is 0 Å². The summed E-state index contributed by atoms with van der Waals surface area (Å²) in [7, 11) is 8.14. The van der Waals surface area contributed by atoms with Crippen LogP contribution in [0.4, 0.5) is 0 Å². The zero-order chi connectivity index (χ0) is 66.9. The molecule has 0 saturated carbocycles. The SMILES string of the molecule is Cc1cc(-c2ccc(-c3ccccc3)cc2C)[n+](C)cc1C.Cc1ccc(-c2cc(-c3ccccc3)c(C)c[n+]2C)c(C)c1.Cc1ccc(-c2ccc(-c3ccccc3)cc2C)[n+](C)c1.[2H]C([2H])([2H])c1ccc(-c2cc(-c3ccccc3)c(C([2H])([2H])[2H])c[n+]2C)c(C)c1. The fraction of sp³-hybridized carbons (Fsp3) is 0.181. The van der Waals surface area contributed by atoms with E-state index in [1.165, 1.54) is 112 Å². The molecule has 0 spiro atoms. The van der Waals surface area contributed by atoms with Crippen LogP contribution in [0, 0.1) is 76.0 Å². The van der Waals surface area contributed by atoms with E-state index >= 15 is 0 Å². The summed E-state index contributed by atoms with van der Waals surface area (Å²) in [6, 6.07) is 77.1. The largest absolute Gasteiger partial charge is 0.213 e. The molecule has 0 saturated heterocycles. The Morgan fingerprint density at radius 3 is 1.01 bits per heavy atom. The first kappa shape index (κ1) is 54.0. The predicted molar refractivity (Wildman–Crippen MR) is 366 cm³/mol. The molecule has 4 heteroatoms. The van der Waals surface area contributed by atoms with Gasteiger partial charge in [-0.25, -0.2) is 18.3 Å². The standard InChI is InChI=1S/3C21H22N.C20H20N/c1-15-13-21(22(4)14-17(15)3)20-11-10-19(12-16(20)2)18-8-6-5-7-9-18;2*1-15-10-11-19(16(2)12-15)21-13-20(17(3)14-22(21)4)18-8-6-5-7-9-18;1-15-9-12-20(21(3)14-15)19-11-10-18(13-16(19)2)17-7-5-4-6-8-17/h3*5-14H,1-4H3;4-14H,1-3H3/q4*+1/i;1D3,3D3;;. The molecule has 4 aromatic heterocycles. The molecule has 434 valence electrons. The van der Waals surface area contributed by atoms with Gasteiger partial charge in [0.2, 0.25) is 22.8 Å². The predicted octanol–water partition coefficient (Wildman–Crippen LogP) is 18.8. The minimum Gasteiger partial charge on any atom is -0.201 e. The van der Waals surface area contributed by atoms with Crippen LogP contribution < -0.4 is 18.3 Å². The second-order valence-corrected chi connectivity index (χ2v) is 23.2. The molecule has 12 aromatic rings. The molecule has 0 aliphatic carbocycles. The molecule has 0 radical (unpaired) electrons. The van der Waals surface area contributed by atoms with Crippen molar-refractivity contribution in [3.05, 3.63) is 310 Å². The Morgan fingerprint density at radius 2 is 0.575 bits per heavy atom. The van der Waals surface area contributed by atoms with Crippen LogP contribution in [0.15, 0.2) is 249 Å². The minimum absolute atomic E-state index is 0.279. The summed E-state index contributed by atoms with van der Waals surface area (Å²) in [4.78, 5) is 0. The first-order valence-electron chi connectivity index (χ1n) is 32.9. The molecule has 8 aromatic carbocycles. The van der Waals surface area contributed by atoms with E-state index in [2.05, 4.69) is 279 Å². The Hall–Kier alpha value is -9.64. The van der Waals surface area contributed by atoms with Crippen LogP contribution in [0.25, 0.3) is 89.5 Å². The van der Waals surface area contributed by atoms with Crippen LogP contribution in [-0.2, 0) is 28.2 Å². The molecule has 0 bridgehead atoms. The van der Waals surface area contributed by atoms with E-state index < -0.39 is 13.7 Å². The van der Waals surface area contributed by atoms with E-state index in [0.29, 0.717) is 11.1 Å². The maximum atomic E-state index is 7.93. The quantitative estimate of drug-likeness (QED) is 0.135. The van der Waals surface area contributed by atoms with Crippen LogP contribution in [0.1, 0.15) is 69.4 Å². The van der Waals surface area contributed by atoms with Crippen molar-refractivity contribution in [2.75, 3.05) is 0 Å². The zero-order valence-electron chi connectivity index (χ0n) is 59.0. The average molecular weight is 1150 g/mol. The van der Waals surface area contributed by atoms with Gasteiger partial charge in [-0.15, -0.1) is 0 Å². The van der Waals surface area contributed by atoms with Gasteiger partial charge in [0, 0.05) is 77.0 Å². The fourth-order valence-electron chi connectivity index (χ4n) is 11.5. The highest BCUT2D eigenvalue weighted by Gasteiger charge is 2.20. The highest BCUT2D eigenvalue weighted by atomic mass is 14.9. The number of aryl methyl sites for hydroxylation is 15. The number of aromatic nitrogens is 4. The zero-order valence-corrected chi connectivity index (χ0v) is 53.0. The molecule has 12 rings (SSSR count). The van der Waals surface area contributed by atoms with E-state index in [9.17, 15) is 0 Å². The number of benzene rings is 8. The number of hydrogen-bond donors (Lipinski definition) is 0. The molecule has 0 unspecified atom stereocenters. The van der Waals surface area contributed by atoms with Gasteiger partial charge < -0.3 is 0 Å². The lowest BCUT2D eigenvalue weighted by atomic mass is 9.97. The van der Waals surface area contributed by atoms with Crippen molar-refractivity contribution in [3.8, 4) is 89.5 Å². The van der Waals surface area contributed by atoms with Gasteiger partial charge in [-0.2, -0.15) is 0 Å². The number of hydrogen-bond acceptors (Lipinski definition) is 0. The molecule has 0 atom stereocenters. The summed E-state index contributed by atoms with van der Waals surface area (Å²) in [5.41, 5.74) is 30.3. The van der Waals surface area contributed by atoms with Crippen molar-refractivity contribution in [1.82, 2.24) is 0 Å². The van der Waals surface area contributed by atoms with E-state index in [1.807, 2.05) is 43.3 Å². The molecular formula is C83H86N4+4. The second kappa shape index (κ2) is 28.0. The Kier molecular flexibility index (Phi) is 17.4. The fourth-order valence-corrected chi connectivity index (χ4v) is 11.5. The van der Waals surface area contributed by atoms with Gasteiger partial charge in [-0.05, 0) is 179 Å². The van der Waals surface area contributed by atoms with E-state index in [1.54, 1.807) is 36.0 Å². The Balaban J connectivity index is 0.000000147. The molecule has 0 aliphatic heterocycles. The molecule has 0 fully saturated rings. The van der Waals surface area contributed by atoms with Crippen molar-refractivity contribution >= 4 is 0 Å². The molecule has 0 amide bonds. The van der Waals surface area contributed by atoms with Gasteiger partial charge in [0.05, 0.1) is 0 Å². The second-order valence-electron chi connectivity index (χ2n) is 23.2. The summed E-state index contributed by atoms with van der Waals surface area (Å²) in [6.07, 6.45) is 8.23. The lowest BCUT2D eigenvalue weighted by Crippen LogP contribution is -2.31. The van der Waals surface area contributed by atoms with E-state index in [0.717, 1.165) is 22.4 Å². The average Bonchev–Trinajstić information content (AvgIpc) is 0.802. The van der Waals surface area contributed by atoms with Crippen LogP contribution in [0.3, 0.4) is 0 Å². The van der Waals surface area contributed by atoms with E-state index in [-0.39, 0.29) is 5.56 Å². The first-order valence-corrected chi connectivity index (χ1v) is 29.9. The van der Waals surface area contributed by atoms with Gasteiger partial charge >= 0.3 is 0 Å². The summed E-state index contributed by atoms with van der Waals surface area (Å²) < 4.78 is 55.0. The van der Waals surface area contributed by atoms with Gasteiger partial charge in [-0.1, -0.05) is 181 Å². The number of rotatable bonds is 8. The van der Waals surface area contributed by atoms with Crippen LogP contribution >= 0.6 is 0 Å². The molecule has 4 heterocycles. The van der Waals surface area contributed by atoms with Crippen molar-refractivity contribution in [2.24, 2.45) is 28.2 Å². The molecular weight excluding hydrogens is 1050 g/mol. The highest BCUT2D eigenvalue weighted by Crippen LogP contribution is 2.32. The van der Waals surface area contributed by atoms with Gasteiger partial charge in [0.1, 0.15) is 28.2 Å². The third kappa shape index (κ3) is 15.1. The van der Waals surface area contributed by atoms with Crippen molar-refractivity contribution in [3.63, 3.8) is 0 Å². The third-order valence-electron chi connectivity index (χ3n) is 16.3. The Labute approximate surface area is 528 Å². The minimum atomic E-state index is -2.25. The van der Waals surface area contributed by atoms with Gasteiger partial charge in [0.15, 0.2) is 24.8 Å². The summed E-state index contributed by atoms with van der Waals surface area (Å²) >= 11 is 0. The number of nitrogens with zero attached hydrogens (tertiary/aromatic N) is 4. The van der Waals surface area contributed by atoms with E-state index in [4.69, 9.17) is 8.22 Å². The summed E-state index contributed by atoms with van der Waals surface area (Å²) in [6.45, 7) is 14.8. The number of pyridine rings is 4. The van der Waals surface area contributed by atoms with Crippen LogP contribution in [-0.4, -0.2) is 0 Å². The van der Waals surface area contributed by atoms with Gasteiger partial charge in [0.25, 0.3) is 0 Å².